The highest BCUT2D eigenvalue weighted by Gasteiger charge is 2.41. The predicted octanol–water partition coefficient (Wildman–Crippen LogP) is 2.28. The van der Waals surface area contributed by atoms with Gasteiger partial charge in [0.1, 0.15) is 11.9 Å². The molecule has 2 N–H and O–H groups in total. The maximum absolute atomic E-state index is 13.3. The number of nitrogens with zero attached hydrogens (tertiary/aromatic N) is 3. The van der Waals surface area contributed by atoms with Gasteiger partial charge in [0.05, 0.1) is 18.0 Å². The lowest BCUT2D eigenvalue weighted by molar-refractivity contribution is -0.125. The van der Waals surface area contributed by atoms with Gasteiger partial charge < -0.3 is 15.4 Å². The van der Waals surface area contributed by atoms with E-state index >= 15 is 0 Å². The van der Waals surface area contributed by atoms with Gasteiger partial charge in [0.2, 0.25) is 11.8 Å². The fraction of sp³-hybridized carbons (Fsp3) is 0.346. The summed E-state index contributed by atoms with van der Waals surface area (Å²) < 4.78 is 4.95. The molecule has 0 aromatic heterocycles. The number of benzene rings is 2. The molecule has 2 aliphatic heterocycles. The molecule has 3 amide bonds. The Morgan fingerprint density at radius 1 is 1.03 bits per heavy atom. The van der Waals surface area contributed by atoms with Gasteiger partial charge in [0.15, 0.2) is 5.17 Å². The number of carbonyl (C=O) groups excluding carboxylic acids is 3. The van der Waals surface area contributed by atoms with Crippen molar-refractivity contribution in [2.24, 2.45) is 9.98 Å². The van der Waals surface area contributed by atoms with E-state index in [9.17, 15) is 14.4 Å². The topological polar surface area (TPSA) is 112 Å². The number of rotatable bonds is 11. The van der Waals surface area contributed by atoms with Gasteiger partial charge in [-0.25, -0.2) is 9.89 Å². The van der Waals surface area contributed by atoms with Gasteiger partial charge in [-0.05, 0) is 30.5 Å². The Kier molecular flexibility index (Phi) is 8.85. The summed E-state index contributed by atoms with van der Waals surface area (Å²) in [6.07, 6.45) is 1.24. The van der Waals surface area contributed by atoms with Gasteiger partial charge in [-0.2, -0.15) is 0 Å². The number of thioether (sulfide) groups is 1. The minimum atomic E-state index is -0.674. The lowest BCUT2D eigenvalue weighted by Gasteiger charge is -2.25. The fourth-order valence-corrected chi connectivity index (χ4v) is 4.74. The first-order chi connectivity index (χ1) is 17.6. The van der Waals surface area contributed by atoms with Crippen molar-refractivity contribution in [1.82, 2.24) is 15.5 Å². The molecule has 0 spiro atoms. The zero-order chi connectivity index (χ0) is 25.3. The zero-order valence-corrected chi connectivity index (χ0v) is 20.9. The van der Waals surface area contributed by atoms with E-state index in [2.05, 4.69) is 20.6 Å². The molecule has 1 atom stereocenters. The number of aliphatic imine (C=N–C) groups is 2. The number of nitrogens with one attached hydrogen (secondary N) is 2. The maximum Gasteiger partial charge on any atom is 0.259 e. The molecular formula is C26H29N5O4S. The third-order valence-electron chi connectivity index (χ3n) is 5.73. The second-order valence-corrected chi connectivity index (χ2v) is 9.25. The summed E-state index contributed by atoms with van der Waals surface area (Å²) in [7, 11) is 1.57. The maximum atomic E-state index is 13.3. The van der Waals surface area contributed by atoms with Gasteiger partial charge in [-0.15, -0.1) is 0 Å². The zero-order valence-electron chi connectivity index (χ0n) is 20.1. The summed E-state index contributed by atoms with van der Waals surface area (Å²) in [4.78, 5) is 48.6. The summed E-state index contributed by atoms with van der Waals surface area (Å²) in [5, 5.41) is 6.09. The number of ether oxygens (including phenoxy) is 1. The number of fused-ring (bicyclic) bond motifs is 3. The molecule has 9 nitrogen and oxygen atoms in total. The number of amidine groups is 2. The van der Waals surface area contributed by atoms with Crippen LogP contribution in [0.2, 0.25) is 0 Å². The number of para-hydroxylation sites is 1. The van der Waals surface area contributed by atoms with Crippen molar-refractivity contribution >= 4 is 46.2 Å². The van der Waals surface area contributed by atoms with E-state index in [0.717, 1.165) is 17.5 Å². The lowest BCUT2D eigenvalue weighted by Crippen LogP contribution is -2.42. The Balaban J connectivity index is 1.36. The van der Waals surface area contributed by atoms with Crippen LogP contribution in [0.3, 0.4) is 0 Å². The van der Waals surface area contributed by atoms with Crippen molar-refractivity contribution in [2.45, 2.75) is 25.3 Å². The molecule has 4 rings (SSSR count). The second kappa shape index (κ2) is 12.5. The van der Waals surface area contributed by atoms with Gasteiger partial charge in [0, 0.05) is 32.2 Å². The van der Waals surface area contributed by atoms with Crippen molar-refractivity contribution in [3.63, 3.8) is 0 Å². The first-order valence-corrected chi connectivity index (χ1v) is 12.8. The van der Waals surface area contributed by atoms with Crippen LogP contribution in [0.15, 0.2) is 64.6 Å². The Morgan fingerprint density at radius 2 is 1.78 bits per heavy atom. The molecule has 0 radical (unpaired) electrons. The average molecular weight is 508 g/mol. The summed E-state index contributed by atoms with van der Waals surface area (Å²) in [6.45, 7) is 1.37. The van der Waals surface area contributed by atoms with E-state index in [0.29, 0.717) is 42.8 Å². The molecule has 0 saturated carbocycles. The summed E-state index contributed by atoms with van der Waals surface area (Å²) >= 11 is 1.18. The monoisotopic (exact) mass is 507 g/mol. The molecule has 10 heteroatoms. The Morgan fingerprint density at radius 3 is 2.58 bits per heavy atom. The first kappa shape index (κ1) is 25.6. The van der Waals surface area contributed by atoms with E-state index in [-0.39, 0.29) is 29.9 Å². The van der Waals surface area contributed by atoms with Crippen LogP contribution in [0.1, 0.15) is 24.0 Å². The summed E-state index contributed by atoms with van der Waals surface area (Å²) in [5.41, 5.74) is 2.61. The molecule has 0 saturated heterocycles. The Hall–Kier alpha value is -3.50. The minimum absolute atomic E-state index is 0.107. The van der Waals surface area contributed by atoms with Crippen molar-refractivity contribution in [3.8, 4) is 0 Å². The summed E-state index contributed by atoms with van der Waals surface area (Å²) in [5.74, 6) is 0.105. The highest BCUT2D eigenvalue weighted by Crippen LogP contribution is 2.34. The van der Waals surface area contributed by atoms with E-state index in [1.807, 2.05) is 54.6 Å². The highest BCUT2D eigenvalue weighted by molar-refractivity contribution is 8.14. The normalized spacial score (nSPS) is 16.1. The standard InChI is InChI=1S/C26H29N5O4S/c1-35-16-15-28-23(33)17-36-26-30-20-10-6-5-9-19(20)24-29-21(25(34)31(24)26)11-12-22(32)27-14-13-18-7-3-2-4-8-18/h2-10,21H,11-17H2,1H3,(H,27,32)(H,28,33)/t21-/m0/s1. The van der Waals surface area contributed by atoms with Crippen molar-refractivity contribution < 1.29 is 19.1 Å². The van der Waals surface area contributed by atoms with Crippen molar-refractivity contribution in [2.75, 3.05) is 32.6 Å². The number of carbonyl (C=O) groups is 3. The molecule has 2 aromatic carbocycles. The van der Waals surface area contributed by atoms with Crippen LogP contribution in [0.25, 0.3) is 0 Å². The van der Waals surface area contributed by atoms with E-state index in [1.54, 1.807) is 7.11 Å². The minimum Gasteiger partial charge on any atom is -0.383 e. The number of hydrogen-bond acceptors (Lipinski definition) is 7. The second-order valence-electron chi connectivity index (χ2n) is 8.31. The molecule has 188 valence electrons. The fourth-order valence-electron chi connectivity index (χ4n) is 3.91. The van der Waals surface area contributed by atoms with Crippen molar-refractivity contribution in [3.05, 3.63) is 65.7 Å². The van der Waals surface area contributed by atoms with Crippen LogP contribution in [-0.2, 0) is 25.5 Å². The summed E-state index contributed by atoms with van der Waals surface area (Å²) in [6, 6.07) is 16.7. The number of amides is 3. The van der Waals surface area contributed by atoms with Crippen LogP contribution in [-0.4, -0.2) is 72.2 Å². The van der Waals surface area contributed by atoms with Gasteiger partial charge in [-0.1, -0.05) is 54.2 Å². The SMILES string of the molecule is COCCNC(=O)CSC1=Nc2ccccc2C2=N[C@@H](CCC(=O)NCCc3ccccc3)C(=O)N12. The first-order valence-electron chi connectivity index (χ1n) is 11.9. The van der Waals surface area contributed by atoms with Crippen LogP contribution < -0.4 is 10.6 Å². The third kappa shape index (κ3) is 6.38. The van der Waals surface area contributed by atoms with Crippen molar-refractivity contribution in [1.29, 1.82) is 0 Å². The Labute approximate surface area is 214 Å². The van der Waals surface area contributed by atoms with Gasteiger partial charge >= 0.3 is 0 Å². The van der Waals surface area contributed by atoms with Gasteiger partial charge in [-0.3, -0.25) is 19.4 Å². The van der Waals surface area contributed by atoms with E-state index in [4.69, 9.17) is 4.74 Å². The molecule has 2 heterocycles. The van der Waals surface area contributed by atoms with Crippen LogP contribution in [0.4, 0.5) is 5.69 Å². The molecule has 2 aliphatic rings. The lowest BCUT2D eigenvalue weighted by atomic mass is 10.1. The molecule has 0 aliphatic carbocycles. The van der Waals surface area contributed by atoms with Crippen LogP contribution in [0.5, 0.6) is 0 Å². The van der Waals surface area contributed by atoms with Crippen LogP contribution in [0, 0.1) is 0 Å². The molecule has 0 fully saturated rings. The average Bonchev–Trinajstić information content (AvgIpc) is 3.23. The molecule has 36 heavy (non-hydrogen) atoms. The van der Waals surface area contributed by atoms with Gasteiger partial charge in [0.25, 0.3) is 5.91 Å². The Bertz CT molecular complexity index is 1170. The van der Waals surface area contributed by atoms with E-state index < -0.39 is 6.04 Å². The van der Waals surface area contributed by atoms with Crippen LogP contribution >= 0.6 is 11.8 Å². The molecule has 0 unspecified atom stereocenters. The third-order valence-corrected chi connectivity index (χ3v) is 6.67. The smallest absolute Gasteiger partial charge is 0.259 e. The largest absolute Gasteiger partial charge is 0.383 e. The highest BCUT2D eigenvalue weighted by atomic mass is 32.2. The number of hydrogen-bond donors (Lipinski definition) is 2. The predicted molar refractivity (Wildman–Crippen MR) is 140 cm³/mol. The molecular weight excluding hydrogens is 478 g/mol. The van der Waals surface area contributed by atoms with E-state index in [1.165, 1.54) is 16.7 Å². The molecule has 2 aromatic rings. The quantitative estimate of drug-likeness (QED) is 0.453. The molecule has 0 bridgehead atoms. The number of methoxy groups -OCH3 is 1.